The molecule has 1 aromatic rings. The number of anilines is 1. The third-order valence-electron chi connectivity index (χ3n) is 3.52. The Kier molecular flexibility index (Phi) is 5.18. The molecule has 0 fully saturated rings. The SMILES string of the molecule is CCC(C)(C)N(C)c1ccc(/C=C/C(=O)O)cc1Br. The van der Waals surface area contributed by atoms with Crippen LogP contribution in [0.2, 0.25) is 0 Å². The maximum Gasteiger partial charge on any atom is 0.328 e. The molecule has 3 nitrogen and oxygen atoms in total. The zero-order valence-electron chi connectivity index (χ0n) is 11.8. The minimum absolute atomic E-state index is 0.0704. The van der Waals surface area contributed by atoms with E-state index in [2.05, 4.69) is 48.6 Å². The average molecular weight is 326 g/mol. The second kappa shape index (κ2) is 6.24. The minimum Gasteiger partial charge on any atom is -0.478 e. The van der Waals surface area contributed by atoms with Crippen LogP contribution in [-0.4, -0.2) is 23.7 Å². The van der Waals surface area contributed by atoms with Gasteiger partial charge in [0.05, 0.1) is 5.69 Å². The van der Waals surface area contributed by atoms with Crippen LogP contribution in [0.3, 0.4) is 0 Å². The van der Waals surface area contributed by atoms with Gasteiger partial charge in [0.1, 0.15) is 0 Å². The quantitative estimate of drug-likeness (QED) is 0.826. The van der Waals surface area contributed by atoms with Gasteiger partial charge in [-0.3, -0.25) is 0 Å². The number of carboxylic acid groups (broad SMARTS) is 1. The van der Waals surface area contributed by atoms with Crippen molar-refractivity contribution in [2.75, 3.05) is 11.9 Å². The predicted octanol–water partition coefficient (Wildman–Crippen LogP) is 4.17. The molecule has 0 aliphatic heterocycles. The van der Waals surface area contributed by atoms with Gasteiger partial charge < -0.3 is 10.0 Å². The van der Waals surface area contributed by atoms with Crippen LogP contribution >= 0.6 is 15.9 Å². The molecule has 0 spiro atoms. The third kappa shape index (κ3) is 4.10. The molecule has 0 saturated carbocycles. The van der Waals surface area contributed by atoms with Gasteiger partial charge in [0, 0.05) is 23.1 Å². The normalized spacial score (nSPS) is 11.8. The van der Waals surface area contributed by atoms with Crippen LogP contribution in [0.4, 0.5) is 5.69 Å². The van der Waals surface area contributed by atoms with E-state index in [1.165, 1.54) is 0 Å². The van der Waals surface area contributed by atoms with E-state index in [1.807, 2.05) is 18.2 Å². The number of nitrogens with zero attached hydrogens (tertiary/aromatic N) is 1. The number of halogens is 1. The van der Waals surface area contributed by atoms with Gasteiger partial charge in [0.25, 0.3) is 0 Å². The largest absolute Gasteiger partial charge is 0.478 e. The Labute approximate surface area is 123 Å². The minimum atomic E-state index is -0.940. The Hall–Kier alpha value is -1.29. The summed E-state index contributed by atoms with van der Waals surface area (Å²) in [5.74, 6) is -0.940. The number of hydrogen-bond donors (Lipinski definition) is 1. The molecule has 1 rings (SSSR count). The molecule has 1 aromatic carbocycles. The Balaban J connectivity index is 3.04. The van der Waals surface area contributed by atoms with Crippen molar-refractivity contribution in [2.45, 2.75) is 32.7 Å². The zero-order valence-corrected chi connectivity index (χ0v) is 13.4. The first-order valence-electron chi connectivity index (χ1n) is 6.22. The summed E-state index contributed by atoms with van der Waals surface area (Å²) in [6.45, 7) is 6.55. The molecular formula is C15H20BrNO2. The lowest BCUT2D eigenvalue weighted by Crippen LogP contribution is -2.40. The molecule has 0 unspecified atom stereocenters. The Morgan fingerprint density at radius 1 is 1.47 bits per heavy atom. The monoisotopic (exact) mass is 325 g/mol. The van der Waals surface area contributed by atoms with Gasteiger partial charge in [-0.25, -0.2) is 4.79 Å². The molecule has 0 aromatic heterocycles. The molecule has 0 aliphatic carbocycles. The summed E-state index contributed by atoms with van der Waals surface area (Å²) < 4.78 is 0.962. The maximum absolute atomic E-state index is 10.5. The zero-order chi connectivity index (χ0) is 14.6. The average Bonchev–Trinajstić information content (AvgIpc) is 2.35. The Morgan fingerprint density at radius 3 is 2.58 bits per heavy atom. The number of carboxylic acids is 1. The summed E-state index contributed by atoms with van der Waals surface area (Å²) in [5, 5.41) is 8.62. The highest BCUT2D eigenvalue weighted by Gasteiger charge is 2.22. The molecule has 104 valence electrons. The van der Waals surface area contributed by atoms with Crippen molar-refractivity contribution >= 4 is 33.7 Å². The molecule has 0 atom stereocenters. The summed E-state index contributed by atoms with van der Waals surface area (Å²) >= 11 is 3.55. The Morgan fingerprint density at radius 2 is 2.11 bits per heavy atom. The first-order valence-corrected chi connectivity index (χ1v) is 7.01. The van der Waals surface area contributed by atoms with Gasteiger partial charge in [-0.1, -0.05) is 13.0 Å². The van der Waals surface area contributed by atoms with Gasteiger partial charge in [0.2, 0.25) is 0 Å². The number of rotatable bonds is 5. The lowest BCUT2D eigenvalue weighted by Gasteiger charge is -2.37. The summed E-state index contributed by atoms with van der Waals surface area (Å²) in [6, 6.07) is 5.85. The maximum atomic E-state index is 10.5. The van der Waals surface area contributed by atoms with Crippen LogP contribution in [0.25, 0.3) is 6.08 Å². The van der Waals surface area contributed by atoms with Crippen molar-refractivity contribution in [3.05, 3.63) is 34.3 Å². The van der Waals surface area contributed by atoms with Gasteiger partial charge in [-0.15, -0.1) is 0 Å². The van der Waals surface area contributed by atoms with Crippen LogP contribution in [0.1, 0.15) is 32.8 Å². The van der Waals surface area contributed by atoms with Crippen LogP contribution in [0, 0.1) is 0 Å². The molecule has 0 amide bonds. The van der Waals surface area contributed by atoms with Gasteiger partial charge in [0.15, 0.2) is 0 Å². The first-order chi connectivity index (χ1) is 8.77. The standard InChI is InChI=1S/C15H20BrNO2/c1-5-15(2,3)17(4)13-8-6-11(10-12(13)16)7-9-14(18)19/h6-10H,5H2,1-4H3,(H,18,19)/b9-7+. The fraction of sp³-hybridized carbons (Fsp3) is 0.400. The highest BCUT2D eigenvalue weighted by atomic mass is 79.9. The van der Waals surface area contributed by atoms with E-state index in [9.17, 15) is 4.79 Å². The molecule has 0 bridgehead atoms. The predicted molar refractivity (Wildman–Crippen MR) is 83.6 cm³/mol. The van der Waals surface area contributed by atoms with E-state index < -0.39 is 5.97 Å². The lowest BCUT2D eigenvalue weighted by atomic mass is 9.99. The number of benzene rings is 1. The van der Waals surface area contributed by atoms with Crippen molar-refractivity contribution in [1.82, 2.24) is 0 Å². The Bertz CT molecular complexity index is 495. The summed E-state index contributed by atoms with van der Waals surface area (Å²) in [6.07, 6.45) is 3.76. The van der Waals surface area contributed by atoms with E-state index in [4.69, 9.17) is 5.11 Å². The molecule has 0 heterocycles. The summed E-state index contributed by atoms with van der Waals surface area (Å²) in [7, 11) is 2.07. The van der Waals surface area contributed by atoms with Gasteiger partial charge >= 0.3 is 5.97 Å². The first kappa shape index (κ1) is 15.8. The van der Waals surface area contributed by atoms with E-state index in [1.54, 1.807) is 6.08 Å². The number of carbonyl (C=O) groups is 1. The molecular weight excluding hydrogens is 306 g/mol. The third-order valence-corrected chi connectivity index (χ3v) is 4.16. The second-order valence-electron chi connectivity index (χ2n) is 5.11. The van der Waals surface area contributed by atoms with Gasteiger partial charge in [-0.05, 0) is 60.0 Å². The van der Waals surface area contributed by atoms with E-state index in [-0.39, 0.29) is 5.54 Å². The van der Waals surface area contributed by atoms with Crippen molar-refractivity contribution in [3.8, 4) is 0 Å². The topological polar surface area (TPSA) is 40.5 Å². The highest BCUT2D eigenvalue weighted by molar-refractivity contribution is 9.10. The van der Waals surface area contributed by atoms with Crippen LogP contribution in [0.15, 0.2) is 28.7 Å². The molecule has 4 heteroatoms. The number of aliphatic carboxylic acids is 1. The highest BCUT2D eigenvalue weighted by Crippen LogP contribution is 2.32. The molecule has 0 aliphatic rings. The van der Waals surface area contributed by atoms with Crippen LogP contribution < -0.4 is 4.90 Å². The summed E-state index contributed by atoms with van der Waals surface area (Å²) in [4.78, 5) is 12.7. The van der Waals surface area contributed by atoms with Crippen molar-refractivity contribution in [2.24, 2.45) is 0 Å². The van der Waals surface area contributed by atoms with Crippen molar-refractivity contribution < 1.29 is 9.90 Å². The van der Waals surface area contributed by atoms with Crippen molar-refractivity contribution in [3.63, 3.8) is 0 Å². The number of hydrogen-bond acceptors (Lipinski definition) is 2. The van der Waals surface area contributed by atoms with E-state index in [0.29, 0.717) is 0 Å². The fourth-order valence-corrected chi connectivity index (χ4v) is 2.29. The lowest BCUT2D eigenvalue weighted by molar-refractivity contribution is -0.131. The molecule has 0 radical (unpaired) electrons. The van der Waals surface area contributed by atoms with E-state index in [0.717, 1.165) is 28.2 Å². The van der Waals surface area contributed by atoms with Gasteiger partial charge in [-0.2, -0.15) is 0 Å². The molecule has 19 heavy (non-hydrogen) atoms. The molecule has 1 N–H and O–H groups in total. The van der Waals surface area contributed by atoms with Crippen LogP contribution in [0.5, 0.6) is 0 Å². The van der Waals surface area contributed by atoms with Crippen LogP contribution in [-0.2, 0) is 4.79 Å². The molecule has 0 saturated heterocycles. The van der Waals surface area contributed by atoms with Crippen molar-refractivity contribution in [1.29, 1.82) is 0 Å². The smallest absolute Gasteiger partial charge is 0.328 e. The summed E-state index contributed by atoms with van der Waals surface area (Å²) in [5.41, 5.74) is 2.03. The van der Waals surface area contributed by atoms with E-state index >= 15 is 0 Å². The fourth-order valence-electron chi connectivity index (χ4n) is 1.63. The second-order valence-corrected chi connectivity index (χ2v) is 5.96.